The Bertz CT molecular complexity index is 878. The summed E-state index contributed by atoms with van der Waals surface area (Å²) < 4.78 is 6.90. The first-order chi connectivity index (χ1) is 18.3. The smallest absolute Gasteiger partial charge is 0.248 e. The second-order valence-electron chi connectivity index (χ2n) is 11.1. The minimum absolute atomic E-state index is 0.0267. The fourth-order valence-electron chi connectivity index (χ4n) is 7.09. The first-order valence-electron chi connectivity index (χ1n) is 14.7. The Morgan fingerprint density at radius 1 is 1.00 bits per heavy atom. The Labute approximate surface area is 229 Å². The molecule has 3 fully saturated rings. The van der Waals surface area contributed by atoms with Gasteiger partial charge in [-0.05, 0) is 44.9 Å². The van der Waals surface area contributed by atoms with E-state index >= 15 is 0 Å². The van der Waals surface area contributed by atoms with Crippen molar-refractivity contribution in [2.75, 3.05) is 39.3 Å². The van der Waals surface area contributed by atoms with E-state index in [2.05, 4.69) is 20.1 Å². The molecule has 8 nitrogen and oxygen atoms in total. The van der Waals surface area contributed by atoms with Crippen molar-refractivity contribution in [2.45, 2.75) is 95.8 Å². The number of hydrogen-bond donors (Lipinski definition) is 1. The number of ether oxygens (including phenoxy) is 1. The number of unbranched alkanes of at least 4 members (excludes halogenated alkanes) is 3. The molecule has 0 saturated carbocycles. The normalized spacial score (nSPS) is 29.4. The maximum atomic E-state index is 14.3. The standard InChI is InChI=1S/C30H49N3O5/c1-6-11-12-20-32(19-9-4)28(37)25-30-16-15-29(10-5,38-30)23(26(35)31(17-7-2)18-8-3)24(30)27(36)33(25)21-13-14-22-34/h7,9,23-25,34H,2,4,6,8,10-22H2,1,3,5H3/t23-,24-,25?,29+,30?/m0/s1. The van der Waals surface area contributed by atoms with Crippen molar-refractivity contribution in [3.8, 4) is 0 Å². The summed E-state index contributed by atoms with van der Waals surface area (Å²) in [4.78, 5) is 47.9. The zero-order chi connectivity index (χ0) is 27.9. The molecule has 3 aliphatic rings. The minimum Gasteiger partial charge on any atom is -0.396 e. The third kappa shape index (κ3) is 5.31. The number of likely N-dealkylation sites (tertiary alicyclic amines) is 1. The van der Waals surface area contributed by atoms with E-state index in [9.17, 15) is 19.5 Å². The highest BCUT2D eigenvalue weighted by Crippen LogP contribution is 2.64. The lowest BCUT2D eigenvalue weighted by molar-refractivity contribution is -0.155. The SMILES string of the molecule is C=CCN(CCCCC)C(=O)C1N(CCCCO)C(=O)[C@@H]2[C@@H](C(=O)N(CC=C)CCC)[C@@]3(CC)CCC12O3. The number of fused-ring (bicyclic) bond motifs is 1. The Hall–Kier alpha value is -2.19. The topological polar surface area (TPSA) is 90.4 Å². The number of aliphatic hydroxyl groups excluding tert-OH is 1. The van der Waals surface area contributed by atoms with Crippen LogP contribution in [0.25, 0.3) is 0 Å². The maximum Gasteiger partial charge on any atom is 0.248 e. The van der Waals surface area contributed by atoms with E-state index in [1.807, 2.05) is 18.7 Å². The number of carbonyl (C=O) groups excluding carboxylic acids is 3. The van der Waals surface area contributed by atoms with Crippen molar-refractivity contribution in [1.82, 2.24) is 14.7 Å². The molecule has 1 N–H and O–H groups in total. The zero-order valence-electron chi connectivity index (χ0n) is 23.8. The molecule has 0 aromatic heterocycles. The van der Waals surface area contributed by atoms with E-state index in [1.165, 1.54) is 0 Å². The predicted octanol–water partition coefficient (Wildman–Crippen LogP) is 3.54. The summed E-state index contributed by atoms with van der Waals surface area (Å²) >= 11 is 0. The Morgan fingerprint density at radius 3 is 2.26 bits per heavy atom. The van der Waals surface area contributed by atoms with Crippen LogP contribution in [0.2, 0.25) is 0 Å². The molecule has 0 aromatic rings. The van der Waals surface area contributed by atoms with Gasteiger partial charge >= 0.3 is 0 Å². The molecule has 0 aromatic carbocycles. The summed E-state index contributed by atoms with van der Waals surface area (Å²) in [7, 11) is 0. The summed E-state index contributed by atoms with van der Waals surface area (Å²) in [5.41, 5.74) is -1.76. The molecular formula is C30H49N3O5. The second-order valence-corrected chi connectivity index (χ2v) is 11.1. The van der Waals surface area contributed by atoms with Gasteiger partial charge in [-0.25, -0.2) is 0 Å². The van der Waals surface area contributed by atoms with Crippen molar-refractivity contribution in [3.63, 3.8) is 0 Å². The first-order valence-corrected chi connectivity index (χ1v) is 14.7. The Kier molecular flexibility index (Phi) is 10.6. The quantitative estimate of drug-likeness (QED) is 0.229. The highest BCUT2D eigenvalue weighted by molar-refractivity contribution is 5.99. The highest BCUT2D eigenvalue weighted by atomic mass is 16.5. The summed E-state index contributed by atoms with van der Waals surface area (Å²) in [5.74, 6) is -1.64. The molecule has 3 aliphatic heterocycles. The van der Waals surface area contributed by atoms with Crippen molar-refractivity contribution in [3.05, 3.63) is 25.3 Å². The molecule has 0 aliphatic carbocycles. The van der Waals surface area contributed by atoms with Crippen LogP contribution < -0.4 is 0 Å². The molecular weight excluding hydrogens is 482 g/mol. The lowest BCUT2D eigenvalue weighted by Crippen LogP contribution is -2.56. The molecule has 214 valence electrons. The molecule has 3 amide bonds. The third-order valence-electron chi connectivity index (χ3n) is 8.84. The fourth-order valence-corrected chi connectivity index (χ4v) is 7.09. The van der Waals surface area contributed by atoms with Crippen molar-refractivity contribution >= 4 is 17.7 Å². The van der Waals surface area contributed by atoms with Gasteiger partial charge in [0, 0.05) is 39.3 Å². The average Bonchev–Trinajstić information content (AvgIpc) is 3.51. The molecule has 5 atom stereocenters. The van der Waals surface area contributed by atoms with Gasteiger partial charge < -0.3 is 24.5 Å². The van der Waals surface area contributed by atoms with Gasteiger partial charge in [-0.15, -0.1) is 13.2 Å². The zero-order valence-corrected chi connectivity index (χ0v) is 23.8. The van der Waals surface area contributed by atoms with Crippen LogP contribution >= 0.6 is 0 Å². The van der Waals surface area contributed by atoms with E-state index in [4.69, 9.17) is 4.74 Å². The van der Waals surface area contributed by atoms with Crippen molar-refractivity contribution in [2.24, 2.45) is 11.8 Å². The average molecular weight is 532 g/mol. The molecule has 1 spiro atoms. The van der Waals surface area contributed by atoms with Gasteiger partial charge in [-0.1, -0.05) is 45.8 Å². The van der Waals surface area contributed by atoms with Gasteiger partial charge in [0.2, 0.25) is 17.7 Å². The number of amides is 3. The van der Waals surface area contributed by atoms with E-state index in [0.717, 1.165) is 25.7 Å². The van der Waals surface area contributed by atoms with Gasteiger partial charge in [-0.3, -0.25) is 14.4 Å². The number of nitrogens with zero attached hydrogens (tertiary/aromatic N) is 3. The van der Waals surface area contributed by atoms with Gasteiger partial charge in [-0.2, -0.15) is 0 Å². The van der Waals surface area contributed by atoms with Crippen LogP contribution in [0.3, 0.4) is 0 Å². The first kappa shape index (κ1) is 30.4. The summed E-state index contributed by atoms with van der Waals surface area (Å²) in [5, 5.41) is 9.39. The Balaban J connectivity index is 2.05. The van der Waals surface area contributed by atoms with Gasteiger partial charge in [0.15, 0.2) is 0 Å². The van der Waals surface area contributed by atoms with E-state index < -0.39 is 29.1 Å². The Morgan fingerprint density at radius 2 is 1.68 bits per heavy atom. The maximum absolute atomic E-state index is 14.3. The molecule has 2 unspecified atom stereocenters. The van der Waals surface area contributed by atoms with Gasteiger partial charge in [0.25, 0.3) is 0 Å². The summed E-state index contributed by atoms with van der Waals surface area (Å²) in [6.45, 7) is 16.3. The van der Waals surface area contributed by atoms with Crippen molar-refractivity contribution in [1.29, 1.82) is 0 Å². The summed E-state index contributed by atoms with van der Waals surface area (Å²) in [6, 6.07) is -0.773. The number of rotatable bonds is 17. The predicted molar refractivity (Wildman–Crippen MR) is 148 cm³/mol. The van der Waals surface area contributed by atoms with Crippen LogP contribution in [0.4, 0.5) is 0 Å². The second kappa shape index (κ2) is 13.2. The lowest BCUT2D eigenvalue weighted by atomic mass is 9.64. The molecule has 3 saturated heterocycles. The third-order valence-corrected chi connectivity index (χ3v) is 8.84. The van der Waals surface area contributed by atoms with Gasteiger partial charge in [0.1, 0.15) is 11.6 Å². The summed E-state index contributed by atoms with van der Waals surface area (Å²) in [6.07, 6.45) is 10.2. The number of aliphatic hydroxyl groups is 1. The van der Waals surface area contributed by atoms with Crippen LogP contribution in [0.15, 0.2) is 25.3 Å². The van der Waals surface area contributed by atoms with E-state index in [1.54, 1.807) is 22.0 Å². The van der Waals surface area contributed by atoms with Crippen LogP contribution in [-0.2, 0) is 19.1 Å². The minimum atomic E-state index is -1.01. The van der Waals surface area contributed by atoms with Crippen molar-refractivity contribution < 1.29 is 24.2 Å². The van der Waals surface area contributed by atoms with Crippen LogP contribution in [0.5, 0.6) is 0 Å². The lowest BCUT2D eigenvalue weighted by Gasteiger charge is -2.37. The van der Waals surface area contributed by atoms with Crippen LogP contribution in [-0.4, -0.2) is 94.1 Å². The monoisotopic (exact) mass is 531 g/mol. The molecule has 2 bridgehead atoms. The highest BCUT2D eigenvalue weighted by Gasteiger charge is 2.78. The molecule has 3 rings (SSSR count). The molecule has 0 radical (unpaired) electrons. The largest absolute Gasteiger partial charge is 0.396 e. The van der Waals surface area contributed by atoms with Crippen LogP contribution in [0.1, 0.15) is 78.6 Å². The molecule has 3 heterocycles. The number of hydrogen-bond acceptors (Lipinski definition) is 5. The molecule has 8 heteroatoms. The number of carbonyl (C=O) groups is 3. The molecule has 38 heavy (non-hydrogen) atoms. The fraction of sp³-hybridized carbons (Fsp3) is 0.767. The van der Waals surface area contributed by atoms with Gasteiger partial charge in [0.05, 0.1) is 17.4 Å². The van der Waals surface area contributed by atoms with E-state index in [0.29, 0.717) is 64.8 Å². The van der Waals surface area contributed by atoms with Crippen LogP contribution in [0, 0.1) is 11.8 Å². The van der Waals surface area contributed by atoms with E-state index in [-0.39, 0.29) is 24.3 Å².